The van der Waals surface area contributed by atoms with E-state index in [0.29, 0.717) is 0 Å². The predicted molar refractivity (Wildman–Crippen MR) is 96.3 cm³/mol. The summed E-state index contributed by atoms with van der Waals surface area (Å²) < 4.78 is 42.2. The lowest BCUT2D eigenvalue weighted by atomic mass is 10.2. The molecule has 1 unspecified atom stereocenters. The van der Waals surface area contributed by atoms with Crippen molar-refractivity contribution >= 4 is 33.0 Å². The number of thiophene rings is 1. The van der Waals surface area contributed by atoms with Crippen molar-refractivity contribution in [2.45, 2.75) is 17.2 Å². The minimum absolute atomic E-state index is 0.117. The molecule has 7 nitrogen and oxygen atoms in total. The van der Waals surface area contributed by atoms with Crippen LogP contribution in [-0.2, 0) is 14.8 Å². The van der Waals surface area contributed by atoms with E-state index in [-0.39, 0.29) is 15.6 Å². The van der Waals surface area contributed by atoms with Crippen LogP contribution < -0.4 is 10.0 Å². The van der Waals surface area contributed by atoms with Gasteiger partial charge in [-0.25, -0.2) is 17.5 Å². The number of hydrogen-bond donors (Lipinski definition) is 2. The van der Waals surface area contributed by atoms with E-state index >= 15 is 0 Å². The zero-order valence-electron chi connectivity index (χ0n) is 13.6. The van der Waals surface area contributed by atoms with Gasteiger partial charge in [0.05, 0.1) is 6.04 Å². The molecule has 0 fully saturated rings. The lowest BCUT2D eigenvalue weighted by Gasteiger charge is -2.14. The number of sulfonamides is 1. The summed E-state index contributed by atoms with van der Waals surface area (Å²) in [6.07, 6.45) is 3.12. The average molecular weight is 394 g/mol. The normalized spacial score (nSPS) is 12.7. The number of carbonyl (C=O) groups is 1. The van der Waals surface area contributed by atoms with Crippen LogP contribution in [-0.4, -0.2) is 30.1 Å². The Kier molecular flexibility index (Phi) is 5.16. The summed E-state index contributed by atoms with van der Waals surface area (Å²) in [4.78, 5) is 12.2. The van der Waals surface area contributed by atoms with E-state index < -0.39 is 27.8 Å². The minimum Gasteiger partial charge on any atom is -0.325 e. The third kappa shape index (κ3) is 3.98. The fourth-order valence-electron chi connectivity index (χ4n) is 2.19. The molecule has 0 radical (unpaired) electrons. The molecule has 1 amide bonds. The van der Waals surface area contributed by atoms with E-state index in [4.69, 9.17) is 0 Å². The molecule has 0 bridgehead atoms. The van der Waals surface area contributed by atoms with Crippen LogP contribution in [0.25, 0.3) is 5.69 Å². The Hall–Kier alpha value is -2.56. The fourth-order valence-corrected chi connectivity index (χ4v) is 4.41. The number of benzene rings is 1. The standard InChI is InChI=1S/C16H15FN4O3S2/c1-11(20-26(23,24)15-4-2-9-25-15)16(22)19-12-5-6-14(13(17)10-12)21-8-3-7-18-21/h2-11,20H,1H3,(H,19,22). The molecule has 0 saturated carbocycles. The Bertz CT molecular complexity index is 1000. The van der Waals surface area contributed by atoms with Crippen molar-refractivity contribution in [3.63, 3.8) is 0 Å². The van der Waals surface area contributed by atoms with Gasteiger partial charge < -0.3 is 5.32 Å². The van der Waals surface area contributed by atoms with Gasteiger partial charge in [0.2, 0.25) is 5.91 Å². The molecule has 2 heterocycles. The van der Waals surface area contributed by atoms with E-state index in [9.17, 15) is 17.6 Å². The van der Waals surface area contributed by atoms with Gasteiger partial charge in [0.15, 0.2) is 5.82 Å². The molecule has 1 aromatic carbocycles. The highest BCUT2D eigenvalue weighted by Crippen LogP contribution is 2.19. The Morgan fingerprint density at radius 2 is 2.12 bits per heavy atom. The number of halogens is 1. The molecule has 0 saturated heterocycles. The van der Waals surface area contributed by atoms with E-state index in [1.165, 1.54) is 36.0 Å². The van der Waals surface area contributed by atoms with Crippen LogP contribution in [0.15, 0.2) is 58.4 Å². The number of carbonyl (C=O) groups excluding carboxylic acids is 1. The molecule has 0 aliphatic heterocycles. The van der Waals surface area contributed by atoms with Gasteiger partial charge in [-0.3, -0.25) is 4.79 Å². The monoisotopic (exact) mass is 394 g/mol. The molecule has 26 heavy (non-hydrogen) atoms. The van der Waals surface area contributed by atoms with Crippen LogP contribution in [0.3, 0.4) is 0 Å². The molecule has 1 atom stereocenters. The largest absolute Gasteiger partial charge is 0.325 e. The first-order valence-electron chi connectivity index (χ1n) is 7.53. The molecule has 2 N–H and O–H groups in total. The van der Waals surface area contributed by atoms with E-state index in [2.05, 4.69) is 15.1 Å². The number of amides is 1. The zero-order chi connectivity index (χ0) is 18.7. The number of nitrogens with zero attached hydrogens (tertiary/aromatic N) is 2. The Morgan fingerprint density at radius 3 is 2.73 bits per heavy atom. The van der Waals surface area contributed by atoms with Crippen LogP contribution in [0.4, 0.5) is 10.1 Å². The van der Waals surface area contributed by atoms with Crippen LogP contribution in [0.2, 0.25) is 0 Å². The van der Waals surface area contributed by atoms with Crippen molar-refractivity contribution in [1.29, 1.82) is 0 Å². The Labute approximate surface area is 153 Å². The van der Waals surface area contributed by atoms with Crippen LogP contribution in [0.1, 0.15) is 6.92 Å². The first-order valence-corrected chi connectivity index (χ1v) is 9.89. The third-order valence-electron chi connectivity index (χ3n) is 3.45. The first kappa shape index (κ1) is 18.2. The van der Waals surface area contributed by atoms with Gasteiger partial charge in [-0.05, 0) is 42.6 Å². The quantitative estimate of drug-likeness (QED) is 0.671. The van der Waals surface area contributed by atoms with Gasteiger partial charge in [0, 0.05) is 18.1 Å². The molecule has 0 aliphatic rings. The second kappa shape index (κ2) is 7.36. The summed E-state index contributed by atoms with van der Waals surface area (Å²) >= 11 is 1.05. The average Bonchev–Trinajstić information content (AvgIpc) is 3.28. The predicted octanol–water partition coefficient (Wildman–Crippen LogP) is 2.38. The molecular weight excluding hydrogens is 379 g/mol. The van der Waals surface area contributed by atoms with Crippen molar-refractivity contribution < 1.29 is 17.6 Å². The van der Waals surface area contributed by atoms with Crippen molar-refractivity contribution in [1.82, 2.24) is 14.5 Å². The summed E-state index contributed by atoms with van der Waals surface area (Å²) in [5.41, 5.74) is 0.449. The Morgan fingerprint density at radius 1 is 1.31 bits per heavy atom. The molecule has 3 aromatic rings. The van der Waals surface area contributed by atoms with Gasteiger partial charge in [0.1, 0.15) is 9.90 Å². The highest BCUT2D eigenvalue weighted by molar-refractivity contribution is 7.91. The number of nitrogens with one attached hydrogen (secondary N) is 2. The molecule has 0 aliphatic carbocycles. The van der Waals surface area contributed by atoms with Crippen LogP contribution in [0.5, 0.6) is 0 Å². The second-order valence-corrected chi connectivity index (χ2v) is 8.27. The van der Waals surface area contributed by atoms with Crippen molar-refractivity contribution in [2.75, 3.05) is 5.32 Å². The number of anilines is 1. The van der Waals surface area contributed by atoms with Crippen LogP contribution >= 0.6 is 11.3 Å². The lowest BCUT2D eigenvalue weighted by Crippen LogP contribution is -2.41. The maximum absolute atomic E-state index is 14.2. The summed E-state index contributed by atoms with van der Waals surface area (Å²) in [6.45, 7) is 1.41. The molecule has 3 rings (SSSR count). The maximum atomic E-state index is 14.2. The number of aromatic nitrogens is 2. The first-order chi connectivity index (χ1) is 12.4. The molecule has 2 aromatic heterocycles. The number of hydrogen-bond acceptors (Lipinski definition) is 5. The Balaban J connectivity index is 1.69. The van der Waals surface area contributed by atoms with Crippen LogP contribution in [0, 0.1) is 5.82 Å². The highest BCUT2D eigenvalue weighted by Gasteiger charge is 2.23. The lowest BCUT2D eigenvalue weighted by molar-refractivity contribution is -0.117. The van der Waals surface area contributed by atoms with Gasteiger partial charge in [-0.15, -0.1) is 11.3 Å². The maximum Gasteiger partial charge on any atom is 0.250 e. The van der Waals surface area contributed by atoms with Crippen molar-refractivity contribution in [2.24, 2.45) is 0 Å². The van der Waals surface area contributed by atoms with Crippen molar-refractivity contribution in [3.05, 3.63) is 60.0 Å². The second-order valence-electron chi connectivity index (χ2n) is 5.38. The van der Waals surface area contributed by atoms with Crippen molar-refractivity contribution in [3.8, 4) is 5.69 Å². The summed E-state index contributed by atoms with van der Waals surface area (Å²) in [7, 11) is -3.78. The van der Waals surface area contributed by atoms with Gasteiger partial charge in [-0.1, -0.05) is 6.07 Å². The van der Waals surface area contributed by atoms with E-state index in [0.717, 1.165) is 17.4 Å². The topological polar surface area (TPSA) is 93.1 Å². The van der Waals surface area contributed by atoms with Gasteiger partial charge in [0.25, 0.3) is 10.0 Å². The summed E-state index contributed by atoms with van der Waals surface area (Å²) in [6, 6.07) is 7.81. The summed E-state index contributed by atoms with van der Waals surface area (Å²) in [5, 5.41) is 8.06. The molecular formula is C16H15FN4O3S2. The third-order valence-corrected chi connectivity index (χ3v) is 6.39. The molecule has 0 spiro atoms. The van der Waals surface area contributed by atoms with Gasteiger partial charge in [-0.2, -0.15) is 9.82 Å². The smallest absolute Gasteiger partial charge is 0.250 e. The zero-order valence-corrected chi connectivity index (χ0v) is 15.2. The van der Waals surface area contributed by atoms with E-state index in [1.54, 1.807) is 23.7 Å². The SMILES string of the molecule is CC(NS(=O)(=O)c1cccs1)C(=O)Nc1ccc(-n2cccn2)c(F)c1. The number of rotatable bonds is 6. The van der Waals surface area contributed by atoms with E-state index in [1.807, 2.05) is 0 Å². The molecule has 136 valence electrons. The fraction of sp³-hybridized carbons (Fsp3) is 0.125. The molecule has 10 heteroatoms. The van der Waals surface area contributed by atoms with Gasteiger partial charge >= 0.3 is 0 Å². The minimum atomic E-state index is -3.78. The highest BCUT2D eigenvalue weighted by atomic mass is 32.2. The summed E-state index contributed by atoms with van der Waals surface area (Å²) in [5.74, 6) is -1.17.